The summed E-state index contributed by atoms with van der Waals surface area (Å²) in [5, 5.41) is 0. The lowest BCUT2D eigenvalue weighted by molar-refractivity contribution is 0.0995. The number of thiophene rings is 1. The quantitative estimate of drug-likeness (QED) is 0.772. The Morgan fingerprint density at radius 3 is 2.87 bits per heavy atom. The van der Waals surface area contributed by atoms with Crippen molar-refractivity contribution in [1.82, 2.24) is 9.97 Å². The number of ketones is 1. The number of nitrogens with zero attached hydrogens (tertiary/aromatic N) is 2. The van der Waals surface area contributed by atoms with E-state index < -0.39 is 0 Å². The zero-order chi connectivity index (χ0) is 10.7. The number of rotatable bonds is 3. The van der Waals surface area contributed by atoms with Gasteiger partial charge in [-0.2, -0.15) is 0 Å². The molecule has 2 rings (SSSR count). The van der Waals surface area contributed by atoms with Crippen LogP contribution in [0, 0.1) is 0 Å². The summed E-state index contributed by atoms with van der Waals surface area (Å²) in [7, 11) is 0. The Kier molecular flexibility index (Phi) is 3.08. The molecule has 0 saturated carbocycles. The summed E-state index contributed by atoms with van der Waals surface area (Å²) in [5.74, 6) is 0.0207. The summed E-state index contributed by atoms with van der Waals surface area (Å²) in [6, 6.07) is 3.45. The van der Waals surface area contributed by atoms with Gasteiger partial charge in [0.1, 0.15) is 0 Å². The highest BCUT2D eigenvalue weighted by Crippen LogP contribution is 2.22. The third-order valence-corrected chi connectivity index (χ3v) is 3.08. The first-order valence-corrected chi connectivity index (χ1v) is 5.48. The number of halogens is 1. The van der Waals surface area contributed by atoms with Crippen molar-refractivity contribution in [2.45, 2.75) is 6.42 Å². The number of hydrogen-bond donors (Lipinski definition) is 0. The van der Waals surface area contributed by atoms with Gasteiger partial charge in [-0.25, -0.2) is 0 Å². The molecule has 0 fully saturated rings. The standard InChI is InChI=1S/C10H7ClN2OS/c11-10-2-1-9(15-10)8(14)5-7-6-12-3-4-13-7/h1-4,6H,5H2. The summed E-state index contributed by atoms with van der Waals surface area (Å²) < 4.78 is 0.623. The third kappa shape index (κ3) is 2.61. The molecule has 0 radical (unpaired) electrons. The molecule has 0 N–H and O–H groups in total. The fourth-order valence-electron chi connectivity index (χ4n) is 1.14. The van der Waals surface area contributed by atoms with Crippen LogP contribution in [-0.2, 0) is 6.42 Å². The van der Waals surface area contributed by atoms with E-state index in [9.17, 15) is 4.79 Å². The van der Waals surface area contributed by atoms with Gasteiger partial charge in [0.15, 0.2) is 5.78 Å². The Balaban J connectivity index is 2.11. The van der Waals surface area contributed by atoms with Crippen LogP contribution in [0.1, 0.15) is 15.4 Å². The van der Waals surface area contributed by atoms with Crippen LogP contribution in [0.4, 0.5) is 0 Å². The van der Waals surface area contributed by atoms with Crippen molar-refractivity contribution < 1.29 is 4.79 Å². The Bertz CT molecular complexity index is 469. The molecule has 0 aromatic carbocycles. The van der Waals surface area contributed by atoms with E-state index in [0.29, 0.717) is 14.9 Å². The minimum atomic E-state index is 0.0207. The van der Waals surface area contributed by atoms with E-state index in [-0.39, 0.29) is 12.2 Å². The van der Waals surface area contributed by atoms with Gasteiger partial charge in [0.2, 0.25) is 0 Å². The Hall–Kier alpha value is -1.26. The molecule has 3 nitrogen and oxygen atoms in total. The second-order valence-corrected chi connectivity index (χ2v) is 4.62. The van der Waals surface area contributed by atoms with Crippen LogP contribution in [0.3, 0.4) is 0 Å². The first-order valence-electron chi connectivity index (χ1n) is 4.29. The first kappa shape index (κ1) is 10.3. The van der Waals surface area contributed by atoms with Crippen molar-refractivity contribution >= 4 is 28.7 Å². The molecule has 2 aromatic heterocycles. The number of hydrogen-bond acceptors (Lipinski definition) is 4. The molecule has 0 saturated heterocycles. The SMILES string of the molecule is O=C(Cc1cnccn1)c1ccc(Cl)s1. The monoisotopic (exact) mass is 238 g/mol. The molecule has 0 aliphatic carbocycles. The molecule has 0 amide bonds. The molecule has 2 heterocycles. The number of Topliss-reactive ketones (excluding diaryl/α,β-unsaturated/α-hetero) is 1. The first-order chi connectivity index (χ1) is 7.25. The zero-order valence-electron chi connectivity index (χ0n) is 7.68. The van der Waals surface area contributed by atoms with Crippen LogP contribution < -0.4 is 0 Å². The molecule has 0 unspecified atom stereocenters. The lowest BCUT2D eigenvalue weighted by atomic mass is 10.2. The van der Waals surface area contributed by atoms with Gasteiger partial charge in [0, 0.05) is 18.6 Å². The molecule has 0 spiro atoms. The van der Waals surface area contributed by atoms with E-state index in [1.807, 2.05) is 0 Å². The predicted molar refractivity (Wildman–Crippen MR) is 59.4 cm³/mol. The van der Waals surface area contributed by atoms with E-state index >= 15 is 0 Å². The molecule has 0 atom stereocenters. The Morgan fingerprint density at radius 1 is 1.40 bits per heavy atom. The van der Waals surface area contributed by atoms with Crippen LogP contribution >= 0.6 is 22.9 Å². The fraction of sp³-hybridized carbons (Fsp3) is 0.100. The van der Waals surface area contributed by atoms with Gasteiger partial charge in [-0.1, -0.05) is 11.6 Å². The second kappa shape index (κ2) is 4.51. The van der Waals surface area contributed by atoms with Gasteiger partial charge >= 0.3 is 0 Å². The van der Waals surface area contributed by atoms with E-state index in [1.165, 1.54) is 11.3 Å². The molecule has 15 heavy (non-hydrogen) atoms. The highest BCUT2D eigenvalue weighted by molar-refractivity contribution is 7.18. The second-order valence-electron chi connectivity index (χ2n) is 2.90. The molecule has 0 bridgehead atoms. The molecule has 0 aliphatic rings. The third-order valence-electron chi connectivity index (χ3n) is 1.81. The maximum Gasteiger partial charge on any atom is 0.178 e. The maximum absolute atomic E-state index is 11.7. The largest absolute Gasteiger partial charge is 0.293 e. The van der Waals surface area contributed by atoms with E-state index in [2.05, 4.69) is 9.97 Å². The van der Waals surface area contributed by atoms with E-state index in [4.69, 9.17) is 11.6 Å². The van der Waals surface area contributed by atoms with Crippen LogP contribution in [0.5, 0.6) is 0 Å². The van der Waals surface area contributed by atoms with Crippen molar-refractivity contribution in [2.75, 3.05) is 0 Å². The van der Waals surface area contributed by atoms with Crippen LogP contribution in [0.25, 0.3) is 0 Å². The van der Waals surface area contributed by atoms with E-state index in [1.54, 1.807) is 30.7 Å². The summed E-state index contributed by atoms with van der Waals surface area (Å²) >= 11 is 7.03. The van der Waals surface area contributed by atoms with Crippen molar-refractivity contribution in [2.24, 2.45) is 0 Å². The molecule has 76 valence electrons. The van der Waals surface area contributed by atoms with Gasteiger partial charge in [-0.05, 0) is 12.1 Å². The highest BCUT2D eigenvalue weighted by atomic mass is 35.5. The molecule has 5 heteroatoms. The van der Waals surface area contributed by atoms with Crippen LogP contribution in [0.2, 0.25) is 4.34 Å². The van der Waals surface area contributed by atoms with Gasteiger partial charge in [0.05, 0.1) is 21.3 Å². The molecule has 0 aliphatic heterocycles. The summed E-state index contributed by atoms with van der Waals surface area (Å²) in [6.45, 7) is 0. The number of aromatic nitrogens is 2. The maximum atomic E-state index is 11.7. The number of carbonyl (C=O) groups is 1. The minimum Gasteiger partial charge on any atom is -0.293 e. The number of carbonyl (C=O) groups excluding carboxylic acids is 1. The normalized spacial score (nSPS) is 10.2. The molecule has 2 aromatic rings. The van der Waals surface area contributed by atoms with Gasteiger partial charge < -0.3 is 0 Å². The van der Waals surface area contributed by atoms with Gasteiger partial charge in [-0.15, -0.1) is 11.3 Å². The van der Waals surface area contributed by atoms with Crippen molar-refractivity contribution in [3.8, 4) is 0 Å². The summed E-state index contributed by atoms with van der Waals surface area (Å²) in [6.07, 6.45) is 5.01. The van der Waals surface area contributed by atoms with E-state index in [0.717, 1.165) is 0 Å². The predicted octanol–water partition coefficient (Wildman–Crippen LogP) is 2.62. The molecular weight excluding hydrogens is 232 g/mol. The lowest BCUT2D eigenvalue weighted by Gasteiger charge is -1.96. The molecular formula is C10H7ClN2OS. The van der Waals surface area contributed by atoms with Crippen molar-refractivity contribution in [3.63, 3.8) is 0 Å². The highest BCUT2D eigenvalue weighted by Gasteiger charge is 2.10. The smallest absolute Gasteiger partial charge is 0.178 e. The average Bonchev–Trinajstić information content (AvgIpc) is 2.66. The van der Waals surface area contributed by atoms with Crippen LogP contribution in [-0.4, -0.2) is 15.8 Å². The van der Waals surface area contributed by atoms with Crippen molar-refractivity contribution in [3.05, 3.63) is 45.6 Å². The Labute approximate surface area is 95.8 Å². The minimum absolute atomic E-state index is 0.0207. The Morgan fingerprint density at radius 2 is 2.27 bits per heavy atom. The average molecular weight is 239 g/mol. The van der Waals surface area contributed by atoms with Gasteiger partial charge in [-0.3, -0.25) is 14.8 Å². The fourth-order valence-corrected chi connectivity index (χ4v) is 2.12. The zero-order valence-corrected chi connectivity index (χ0v) is 9.26. The van der Waals surface area contributed by atoms with Gasteiger partial charge in [0.25, 0.3) is 0 Å². The lowest BCUT2D eigenvalue weighted by Crippen LogP contribution is -2.03. The summed E-state index contributed by atoms with van der Waals surface area (Å²) in [4.78, 5) is 20.3. The topological polar surface area (TPSA) is 42.9 Å². The van der Waals surface area contributed by atoms with Crippen molar-refractivity contribution in [1.29, 1.82) is 0 Å². The summed E-state index contributed by atoms with van der Waals surface area (Å²) in [5.41, 5.74) is 0.673. The van der Waals surface area contributed by atoms with Crippen LogP contribution in [0.15, 0.2) is 30.7 Å².